The van der Waals surface area contributed by atoms with Gasteiger partial charge in [-0.05, 0) is 81.9 Å². The molecular weight excluding hydrogens is 232 g/mol. The number of nitrogens with one attached hydrogen (secondary N) is 1. The van der Waals surface area contributed by atoms with E-state index in [9.17, 15) is 0 Å². The molecule has 1 unspecified atom stereocenters. The van der Waals surface area contributed by atoms with E-state index in [1.165, 1.54) is 47.2 Å². The summed E-state index contributed by atoms with van der Waals surface area (Å²) in [4.78, 5) is 2.47. The molecule has 1 aliphatic rings. The third-order valence-corrected chi connectivity index (χ3v) is 4.64. The molecule has 0 bridgehead atoms. The van der Waals surface area contributed by atoms with E-state index in [2.05, 4.69) is 51.0 Å². The average molecular weight is 260 g/mol. The van der Waals surface area contributed by atoms with Gasteiger partial charge in [0.05, 0.1) is 0 Å². The predicted octanol–water partition coefficient (Wildman–Crippen LogP) is 3.10. The van der Waals surface area contributed by atoms with Crippen molar-refractivity contribution in [3.05, 3.63) is 33.9 Å². The lowest BCUT2D eigenvalue weighted by atomic mass is 9.94. The van der Waals surface area contributed by atoms with E-state index in [1.807, 2.05) is 0 Å². The predicted molar refractivity (Wildman–Crippen MR) is 82.7 cm³/mol. The molecular formula is C17H28N2. The quantitative estimate of drug-likeness (QED) is 0.895. The molecule has 0 radical (unpaired) electrons. The molecule has 2 rings (SSSR count). The van der Waals surface area contributed by atoms with Crippen LogP contribution in [0.2, 0.25) is 0 Å². The number of rotatable bonds is 4. The number of benzene rings is 1. The fraction of sp³-hybridized carbons (Fsp3) is 0.647. The van der Waals surface area contributed by atoms with Gasteiger partial charge in [-0.15, -0.1) is 0 Å². The van der Waals surface area contributed by atoms with Crippen molar-refractivity contribution in [2.75, 3.05) is 20.1 Å². The summed E-state index contributed by atoms with van der Waals surface area (Å²) in [5.74, 6) is 0. The molecule has 0 saturated carbocycles. The zero-order valence-corrected chi connectivity index (χ0v) is 13.1. The Morgan fingerprint density at radius 3 is 2.32 bits per heavy atom. The first-order valence-corrected chi connectivity index (χ1v) is 7.47. The van der Waals surface area contributed by atoms with E-state index in [4.69, 9.17) is 0 Å². The molecule has 1 N–H and O–H groups in total. The lowest BCUT2D eigenvalue weighted by Crippen LogP contribution is -2.35. The van der Waals surface area contributed by atoms with E-state index in [0.717, 1.165) is 13.1 Å². The van der Waals surface area contributed by atoms with Gasteiger partial charge in [-0.3, -0.25) is 0 Å². The topological polar surface area (TPSA) is 15.3 Å². The molecule has 1 saturated heterocycles. The summed E-state index contributed by atoms with van der Waals surface area (Å²) in [5, 5.41) is 3.58. The molecule has 0 spiro atoms. The van der Waals surface area contributed by atoms with Gasteiger partial charge >= 0.3 is 0 Å². The molecule has 2 heteroatoms. The van der Waals surface area contributed by atoms with Crippen LogP contribution in [0.5, 0.6) is 0 Å². The number of nitrogens with zero attached hydrogens (tertiary/aromatic N) is 1. The molecule has 1 aromatic carbocycles. The zero-order valence-electron chi connectivity index (χ0n) is 13.1. The summed E-state index contributed by atoms with van der Waals surface area (Å²) < 4.78 is 0. The molecule has 1 atom stereocenters. The van der Waals surface area contributed by atoms with Crippen LogP contribution in [0, 0.1) is 27.7 Å². The fourth-order valence-electron chi connectivity index (χ4n) is 3.16. The molecule has 19 heavy (non-hydrogen) atoms. The van der Waals surface area contributed by atoms with Gasteiger partial charge in [0.25, 0.3) is 0 Å². The molecule has 0 amide bonds. The van der Waals surface area contributed by atoms with Gasteiger partial charge in [0, 0.05) is 19.1 Å². The van der Waals surface area contributed by atoms with Crippen molar-refractivity contribution in [3.63, 3.8) is 0 Å². The average Bonchev–Trinajstić information content (AvgIpc) is 2.85. The smallest absolute Gasteiger partial charge is 0.0236 e. The van der Waals surface area contributed by atoms with E-state index in [0.29, 0.717) is 6.04 Å². The van der Waals surface area contributed by atoms with Gasteiger partial charge in [-0.25, -0.2) is 0 Å². The maximum atomic E-state index is 3.58. The second-order valence-electron chi connectivity index (χ2n) is 6.23. The Kier molecular flexibility index (Phi) is 4.64. The van der Waals surface area contributed by atoms with Crippen molar-refractivity contribution in [1.29, 1.82) is 0 Å². The Labute approximate surface area is 118 Å². The Morgan fingerprint density at radius 1 is 1.16 bits per heavy atom. The molecule has 0 aromatic heterocycles. The first-order chi connectivity index (χ1) is 8.99. The van der Waals surface area contributed by atoms with Gasteiger partial charge < -0.3 is 10.2 Å². The van der Waals surface area contributed by atoms with Crippen molar-refractivity contribution in [1.82, 2.24) is 10.2 Å². The second kappa shape index (κ2) is 6.06. The maximum Gasteiger partial charge on any atom is 0.0236 e. The highest BCUT2D eigenvalue weighted by Gasteiger charge is 2.17. The number of hydrogen-bond donors (Lipinski definition) is 1. The molecule has 1 aromatic rings. The minimum absolute atomic E-state index is 0.691. The molecule has 1 aliphatic heterocycles. The SMILES string of the molecule is Cc1cc(C)c(C)c(CN(C)CC2CCCN2)c1C. The third kappa shape index (κ3) is 3.37. The van der Waals surface area contributed by atoms with Crippen LogP contribution in [0.15, 0.2) is 6.07 Å². The largest absolute Gasteiger partial charge is 0.313 e. The Bertz CT molecular complexity index is 419. The molecule has 1 fully saturated rings. The van der Waals surface area contributed by atoms with Crippen LogP contribution in [0.1, 0.15) is 40.7 Å². The van der Waals surface area contributed by atoms with E-state index in [-0.39, 0.29) is 0 Å². The summed E-state index contributed by atoms with van der Waals surface area (Å²) in [6.45, 7) is 12.4. The van der Waals surface area contributed by atoms with Crippen LogP contribution in [0.3, 0.4) is 0 Å². The van der Waals surface area contributed by atoms with Crippen LogP contribution in [0.25, 0.3) is 0 Å². The Balaban J connectivity index is 2.09. The highest BCUT2D eigenvalue weighted by atomic mass is 15.1. The van der Waals surface area contributed by atoms with Crippen molar-refractivity contribution < 1.29 is 0 Å². The van der Waals surface area contributed by atoms with E-state index in [1.54, 1.807) is 0 Å². The second-order valence-corrected chi connectivity index (χ2v) is 6.23. The van der Waals surface area contributed by atoms with E-state index < -0.39 is 0 Å². The van der Waals surface area contributed by atoms with Crippen molar-refractivity contribution >= 4 is 0 Å². The Morgan fingerprint density at radius 2 is 1.79 bits per heavy atom. The summed E-state index contributed by atoms with van der Waals surface area (Å²) >= 11 is 0. The summed E-state index contributed by atoms with van der Waals surface area (Å²) in [5.41, 5.74) is 7.30. The molecule has 2 nitrogen and oxygen atoms in total. The van der Waals surface area contributed by atoms with Crippen LogP contribution in [-0.4, -0.2) is 31.1 Å². The van der Waals surface area contributed by atoms with Crippen molar-refractivity contribution in [2.45, 2.75) is 53.1 Å². The lowest BCUT2D eigenvalue weighted by molar-refractivity contribution is 0.292. The first-order valence-electron chi connectivity index (χ1n) is 7.47. The number of likely N-dealkylation sites (N-methyl/N-ethyl adjacent to an activating group) is 1. The minimum atomic E-state index is 0.691. The summed E-state index contributed by atoms with van der Waals surface area (Å²) in [6, 6.07) is 3.00. The molecule has 1 heterocycles. The van der Waals surface area contributed by atoms with Gasteiger partial charge in [0.1, 0.15) is 0 Å². The summed E-state index contributed by atoms with van der Waals surface area (Å²) in [6.07, 6.45) is 2.66. The van der Waals surface area contributed by atoms with Crippen LogP contribution < -0.4 is 5.32 Å². The van der Waals surface area contributed by atoms with Crippen molar-refractivity contribution in [2.24, 2.45) is 0 Å². The van der Waals surface area contributed by atoms with Gasteiger partial charge in [0.2, 0.25) is 0 Å². The van der Waals surface area contributed by atoms with Crippen LogP contribution in [-0.2, 0) is 6.54 Å². The van der Waals surface area contributed by atoms with Gasteiger partial charge in [-0.2, -0.15) is 0 Å². The van der Waals surface area contributed by atoms with E-state index >= 15 is 0 Å². The normalized spacial score (nSPS) is 19.4. The third-order valence-electron chi connectivity index (χ3n) is 4.64. The number of hydrogen-bond acceptors (Lipinski definition) is 2. The highest BCUT2D eigenvalue weighted by molar-refractivity contribution is 5.43. The van der Waals surface area contributed by atoms with Crippen molar-refractivity contribution in [3.8, 4) is 0 Å². The number of aryl methyl sites for hydroxylation is 2. The Hall–Kier alpha value is -0.860. The maximum absolute atomic E-state index is 3.58. The highest BCUT2D eigenvalue weighted by Crippen LogP contribution is 2.23. The van der Waals surface area contributed by atoms with Crippen LogP contribution in [0.4, 0.5) is 0 Å². The van der Waals surface area contributed by atoms with Crippen LogP contribution >= 0.6 is 0 Å². The summed E-state index contributed by atoms with van der Waals surface area (Å²) in [7, 11) is 2.25. The lowest BCUT2D eigenvalue weighted by Gasteiger charge is -2.24. The minimum Gasteiger partial charge on any atom is -0.313 e. The van der Waals surface area contributed by atoms with Gasteiger partial charge in [0.15, 0.2) is 0 Å². The zero-order chi connectivity index (χ0) is 14.0. The molecule has 0 aliphatic carbocycles. The standard InChI is InChI=1S/C17H28N2/c1-12-9-13(2)15(4)17(14(12)3)11-19(5)10-16-7-6-8-18-16/h9,16,18H,6-8,10-11H2,1-5H3. The monoisotopic (exact) mass is 260 g/mol. The molecule has 106 valence electrons. The fourth-order valence-corrected chi connectivity index (χ4v) is 3.16. The first kappa shape index (κ1) is 14.5. The van der Waals surface area contributed by atoms with Gasteiger partial charge in [-0.1, -0.05) is 6.07 Å².